The Morgan fingerprint density at radius 3 is 2.03 bits per heavy atom. The quantitative estimate of drug-likeness (QED) is 0.540. The summed E-state index contributed by atoms with van der Waals surface area (Å²) < 4.78 is 16.5. The van der Waals surface area contributed by atoms with Gasteiger partial charge in [0.25, 0.3) is 5.91 Å². The van der Waals surface area contributed by atoms with Crippen LogP contribution in [-0.4, -0.2) is 31.0 Å². The summed E-state index contributed by atoms with van der Waals surface area (Å²) in [5.41, 5.74) is 1.66. The van der Waals surface area contributed by atoms with Crippen LogP contribution in [0, 0.1) is 11.3 Å². The Hall–Kier alpha value is -4.57. The molecule has 0 radical (unpaired) electrons. The van der Waals surface area contributed by atoms with Gasteiger partial charge in [0.2, 0.25) is 0 Å². The third-order valence-electron chi connectivity index (χ3n) is 5.24. The van der Waals surface area contributed by atoms with Gasteiger partial charge in [-0.2, -0.15) is 5.26 Å². The maximum absolute atomic E-state index is 13.3. The van der Waals surface area contributed by atoms with E-state index in [4.69, 9.17) is 14.2 Å². The van der Waals surface area contributed by atoms with E-state index in [9.17, 15) is 14.9 Å². The highest BCUT2D eigenvalue weighted by atomic mass is 16.5. The van der Waals surface area contributed by atoms with Gasteiger partial charge in [-0.1, -0.05) is 36.4 Å². The summed E-state index contributed by atoms with van der Waals surface area (Å²) in [6.07, 6.45) is 1.39. The number of fused-ring (bicyclic) bond motifs is 1. The third-order valence-corrected chi connectivity index (χ3v) is 5.24. The van der Waals surface area contributed by atoms with E-state index in [1.54, 1.807) is 72.8 Å². The Balaban J connectivity index is 1.84. The number of benzene rings is 3. The van der Waals surface area contributed by atoms with Crippen molar-refractivity contribution in [3.63, 3.8) is 0 Å². The molecule has 1 heterocycles. The van der Waals surface area contributed by atoms with Crippen molar-refractivity contribution in [3.8, 4) is 17.6 Å². The fourth-order valence-corrected chi connectivity index (χ4v) is 3.61. The SMILES string of the molecule is COc1cc2c(cc1OC)[C@@H](C#N)N(C(=O)c1ccccc1)C=C2OC(=O)c1ccccc1. The minimum Gasteiger partial charge on any atom is -0.493 e. The zero-order valence-electron chi connectivity index (χ0n) is 18.0. The minimum absolute atomic E-state index is 0.121. The summed E-state index contributed by atoms with van der Waals surface area (Å²) in [4.78, 5) is 27.4. The second kappa shape index (κ2) is 9.28. The fraction of sp³-hybridized carbons (Fsp3) is 0.115. The second-order valence-electron chi connectivity index (χ2n) is 7.15. The molecule has 0 aromatic heterocycles. The number of carbonyl (C=O) groups is 2. The van der Waals surface area contributed by atoms with Crippen LogP contribution in [0.15, 0.2) is 79.0 Å². The smallest absolute Gasteiger partial charge is 0.343 e. The van der Waals surface area contributed by atoms with Crippen molar-refractivity contribution in [1.82, 2.24) is 4.90 Å². The number of nitrogens with zero attached hydrogens (tertiary/aromatic N) is 2. The number of esters is 1. The molecule has 1 amide bonds. The van der Waals surface area contributed by atoms with E-state index in [-0.39, 0.29) is 5.76 Å². The predicted molar refractivity (Wildman–Crippen MR) is 120 cm³/mol. The van der Waals surface area contributed by atoms with Gasteiger partial charge in [0.15, 0.2) is 17.3 Å². The molecule has 0 spiro atoms. The number of amides is 1. The molecule has 4 rings (SSSR count). The van der Waals surface area contributed by atoms with Crippen LogP contribution in [0.1, 0.15) is 37.9 Å². The summed E-state index contributed by atoms with van der Waals surface area (Å²) in [5.74, 6) is -0.0896. The topological polar surface area (TPSA) is 88.9 Å². The largest absolute Gasteiger partial charge is 0.493 e. The molecule has 0 aliphatic carbocycles. The Kier molecular flexibility index (Phi) is 6.09. The van der Waals surface area contributed by atoms with E-state index >= 15 is 0 Å². The lowest BCUT2D eigenvalue weighted by molar-refractivity contribution is 0.0671. The van der Waals surface area contributed by atoms with Crippen molar-refractivity contribution in [1.29, 1.82) is 5.26 Å². The lowest BCUT2D eigenvalue weighted by Gasteiger charge is -2.31. The maximum atomic E-state index is 13.3. The minimum atomic E-state index is -0.966. The molecule has 0 fully saturated rings. The lowest BCUT2D eigenvalue weighted by atomic mass is 9.94. The molecule has 164 valence electrons. The van der Waals surface area contributed by atoms with E-state index in [0.717, 1.165) is 0 Å². The van der Waals surface area contributed by atoms with Crippen LogP contribution in [0.4, 0.5) is 0 Å². The summed E-state index contributed by atoms with van der Waals surface area (Å²) in [7, 11) is 2.97. The average Bonchev–Trinajstić information content (AvgIpc) is 2.88. The van der Waals surface area contributed by atoms with Gasteiger partial charge in [-0.25, -0.2) is 4.79 Å². The molecular formula is C26H20N2O5. The summed E-state index contributed by atoms with van der Waals surface area (Å²) in [6, 6.07) is 21.6. The van der Waals surface area contributed by atoms with Gasteiger partial charge in [-0.05, 0) is 36.4 Å². The molecule has 0 saturated carbocycles. The maximum Gasteiger partial charge on any atom is 0.343 e. The second-order valence-corrected chi connectivity index (χ2v) is 7.15. The molecule has 1 atom stereocenters. The highest BCUT2D eigenvalue weighted by Gasteiger charge is 2.35. The Bertz CT molecular complexity index is 1260. The van der Waals surface area contributed by atoms with Gasteiger partial charge in [-0.15, -0.1) is 0 Å². The molecule has 0 bridgehead atoms. The molecule has 1 aliphatic heterocycles. The Morgan fingerprint density at radius 2 is 1.45 bits per heavy atom. The number of nitriles is 1. The van der Waals surface area contributed by atoms with Crippen LogP contribution in [0.5, 0.6) is 11.5 Å². The van der Waals surface area contributed by atoms with E-state index in [1.807, 2.05) is 0 Å². The van der Waals surface area contributed by atoms with Crippen molar-refractivity contribution < 1.29 is 23.8 Å². The molecular weight excluding hydrogens is 420 g/mol. The van der Waals surface area contributed by atoms with Gasteiger partial charge in [0, 0.05) is 16.7 Å². The van der Waals surface area contributed by atoms with Crippen molar-refractivity contribution in [2.45, 2.75) is 6.04 Å². The van der Waals surface area contributed by atoms with Crippen LogP contribution < -0.4 is 9.47 Å². The number of hydrogen-bond acceptors (Lipinski definition) is 6. The molecule has 0 unspecified atom stereocenters. The van der Waals surface area contributed by atoms with Gasteiger partial charge in [0.05, 0.1) is 32.1 Å². The van der Waals surface area contributed by atoms with Crippen LogP contribution >= 0.6 is 0 Å². The van der Waals surface area contributed by atoms with Crippen molar-refractivity contribution in [2.75, 3.05) is 14.2 Å². The highest BCUT2D eigenvalue weighted by Crippen LogP contribution is 2.42. The van der Waals surface area contributed by atoms with Gasteiger partial charge >= 0.3 is 5.97 Å². The number of carbonyl (C=O) groups excluding carboxylic acids is 2. The first-order valence-electron chi connectivity index (χ1n) is 10.1. The number of rotatable bonds is 5. The van der Waals surface area contributed by atoms with Gasteiger partial charge < -0.3 is 14.2 Å². The number of hydrogen-bond donors (Lipinski definition) is 0. The molecule has 3 aromatic rings. The molecule has 0 saturated heterocycles. The van der Waals surface area contributed by atoms with E-state index in [1.165, 1.54) is 25.3 Å². The van der Waals surface area contributed by atoms with Crippen LogP contribution in [0.3, 0.4) is 0 Å². The Morgan fingerprint density at radius 1 is 0.879 bits per heavy atom. The number of ether oxygens (including phenoxy) is 3. The standard InChI is InChI=1S/C26H20N2O5/c1-31-22-13-19-20(14-23(22)32-2)24(33-26(30)18-11-7-4-8-12-18)16-28(21(19)15-27)25(29)17-9-5-3-6-10-17/h3-14,16,21H,1-2H3/t21-/m1/s1. The zero-order valence-corrected chi connectivity index (χ0v) is 18.0. The normalized spacial score (nSPS) is 14.4. The summed E-state index contributed by atoms with van der Waals surface area (Å²) in [6.45, 7) is 0. The first-order chi connectivity index (χ1) is 16.1. The molecule has 1 aliphatic rings. The van der Waals surface area contributed by atoms with Gasteiger partial charge in [-0.3, -0.25) is 9.69 Å². The van der Waals surface area contributed by atoms with Crippen molar-refractivity contribution in [2.24, 2.45) is 0 Å². The van der Waals surface area contributed by atoms with Crippen molar-refractivity contribution >= 4 is 17.6 Å². The lowest BCUT2D eigenvalue weighted by Crippen LogP contribution is -2.33. The van der Waals surface area contributed by atoms with Crippen LogP contribution in [-0.2, 0) is 4.74 Å². The first kappa shape index (κ1) is 21.7. The Labute approximate surface area is 191 Å². The average molecular weight is 440 g/mol. The van der Waals surface area contributed by atoms with Crippen LogP contribution in [0.2, 0.25) is 0 Å². The van der Waals surface area contributed by atoms with Crippen LogP contribution in [0.25, 0.3) is 5.76 Å². The zero-order chi connectivity index (χ0) is 23.4. The molecule has 0 N–H and O–H groups in total. The number of methoxy groups -OCH3 is 2. The molecule has 33 heavy (non-hydrogen) atoms. The summed E-state index contributed by atoms with van der Waals surface area (Å²) >= 11 is 0. The highest BCUT2D eigenvalue weighted by molar-refractivity contribution is 5.98. The third kappa shape index (κ3) is 4.14. The van der Waals surface area contributed by atoms with E-state index < -0.39 is 17.9 Å². The van der Waals surface area contributed by atoms with E-state index in [0.29, 0.717) is 33.8 Å². The predicted octanol–water partition coefficient (Wildman–Crippen LogP) is 4.58. The fourth-order valence-electron chi connectivity index (χ4n) is 3.61. The van der Waals surface area contributed by atoms with Gasteiger partial charge in [0.1, 0.15) is 6.04 Å². The summed E-state index contributed by atoms with van der Waals surface area (Å²) in [5, 5.41) is 9.99. The molecule has 7 heteroatoms. The van der Waals surface area contributed by atoms with Crippen molar-refractivity contribution in [3.05, 3.63) is 101 Å². The molecule has 7 nitrogen and oxygen atoms in total. The van der Waals surface area contributed by atoms with E-state index in [2.05, 4.69) is 6.07 Å². The first-order valence-corrected chi connectivity index (χ1v) is 10.1. The monoisotopic (exact) mass is 440 g/mol. The molecule has 3 aromatic carbocycles.